The van der Waals surface area contributed by atoms with Crippen molar-refractivity contribution < 1.29 is 14.3 Å². The van der Waals surface area contributed by atoms with E-state index in [9.17, 15) is 9.59 Å². The molecular formula is C24H28BrNO3. The Morgan fingerprint density at radius 2 is 1.86 bits per heavy atom. The fraction of sp³-hybridized carbons (Fsp3) is 0.500. The maximum Gasteiger partial charge on any atom is 0.337 e. The second-order valence-electron chi connectivity index (χ2n) is 9.26. The van der Waals surface area contributed by atoms with Crippen LogP contribution in [0.15, 0.2) is 51.3 Å². The molecule has 1 fully saturated rings. The van der Waals surface area contributed by atoms with Crippen LogP contribution in [0, 0.1) is 5.41 Å². The van der Waals surface area contributed by atoms with Gasteiger partial charge >= 0.3 is 5.97 Å². The van der Waals surface area contributed by atoms with Crippen LogP contribution in [-0.4, -0.2) is 17.9 Å². The molecule has 4 nitrogen and oxygen atoms in total. The van der Waals surface area contributed by atoms with Crippen LogP contribution in [0.5, 0.6) is 0 Å². The van der Waals surface area contributed by atoms with E-state index in [0.717, 1.165) is 59.1 Å². The lowest BCUT2D eigenvalue weighted by Crippen LogP contribution is -2.39. The molecule has 0 aromatic heterocycles. The summed E-state index contributed by atoms with van der Waals surface area (Å²) >= 11 is 3.65. The first-order chi connectivity index (χ1) is 13.8. The first-order valence-corrected chi connectivity index (χ1v) is 11.3. The molecule has 1 aromatic rings. The second-order valence-corrected chi connectivity index (χ2v) is 10.1. The molecule has 154 valence electrons. The van der Waals surface area contributed by atoms with E-state index in [1.807, 2.05) is 31.2 Å². The zero-order valence-electron chi connectivity index (χ0n) is 17.3. The van der Waals surface area contributed by atoms with Crippen LogP contribution in [0.1, 0.15) is 70.8 Å². The lowest BCUT2D eigenvalue weighted by Gasteiger charge is -2.39. The Labute approximate surface area is 180 Å². The maximum atomic E-state index is 13.3. The van der Waals surface area contributed by atoms with Crippen LogP contribution >= 0.6 is 15.9 Å². The van der Waals surface area contributed by atoms with Crippen LogP contribution < -0.4 is 5.32 Å². The number of dihydropyridines is 1. The second kappa shape index (κ2) is 7.75. The standard InChI is InChI=1S/C24H28BrNO3/c1-14-20(23(28)29-15-8-4-5-9-15)21(16-10-6-7-11-17(16)25)22-18(26-14)12-24(2,3)13-19(22)27/h6-7,10-11,15,21,26H,4-5,8-9,12-13H2,1-3H3/t21-/m0/s1. The molecule has 1 saturated carbocycles. The molecule has 0 unspecified atom stereocenters. The molecule has 4 rings (SSSR count). The summed E-state index contributed by atoms with van der Waals surface area (Å²) in [5, 5.41) is 3.40. The third kappa shape index (κ3) is 3.94. The largest absolute Gasteiger partial charge is 0.459 e. The topological polar surface area (TPSA) is 55.4 Å². The van der Waals surface area contributed by atoms with Crippen LogP contribution in [0.2, 0.25) is 0 Å². The number of benzene rings is 1. The minimum atomic E-state index is -0.403. The zero-order chi connectivity index (χ0) is 20.8. The van der Waals surface area contributed by atoms with E-state index >= 15 is 0 Å². The molecule has 0 amide bonds. The van der Waals surface area contributed by atoms with E-state index in [2.05, 4.69) is 35.1 Å². The molecule has 0 radical (unpaired) electrons. The SMILES string of the molecule is CC1=C(C(=O)OC2CCCC2)[C@H](c2ccccc2Br)C2=C(CC(C)(C)CC2=O)N1. The molecule has 3 aliphatic rings. The number of Topliss-reactive ketones (excluding diaryl/α,β-unsaturated/α-hetero) is 1. The first kappa shape index (κ1) is 20.4. The summed E-state index contributed by atoms with van der Waals surface area (Å²) in [6.07, 6.45) is 5.31. The number of carbonyl (C=O) groups is 2. The van der Waals surface area contributed by atoms with Gasteiger partial charge in [0.25, 0.3) is 0 Å². The minimum absolute atomic E-state index is 0.0148. The lowest BCUT2D eigenvalue weighted by molar-refractivity contribution is -0.144. The molecule has 1 aromatic carbocycles. The number of hydrogen-bond donors (Lipinski definition) is 1. The summed E-state index contributed by atoms with van der Waals surface area (Å²) < 4.78 is 6.78. The van der Waals surface area contributed by atoms with Crippen molar-refractivity contribution in [1.29, 1.82) is 0 Å². The monoisotopic (exact) mass is 457 g/mol. The van der Waals surface area contributed by atoms with Crippen molar-refractivity contribution in [3.63, 3.8) is 0 Å². The third-order valence-electron chi connectivity index (χ3n) is 6.25. The Balaban J connectivity index is 1.80. The number of esters is 1. The lowest BCUT2D eigenvalue weighted by atomic mass is 9.68. The van der Waals surface area contributed by atoms with Crippen molar-refractivity contribution >= 4 is 27.7 Å². The summed E-state index contributed by atoms with van der Waals surface area (Å²) in [5.41, 5.74) is 3.87. The molecule has 0 bridgehead atoms. The van der Waals surface area contributed by atoms with Crippen molar-refractivity contribution in [1.82, 2.24) is 5.32 Å². The fourth-order valence-corrected chi connectivity index (χ4v) is 5.46. The average Bonchev–Trinajstić information content (AvgIpc) is 3.12. The summed E-state index contributed by atoms with van der Waals surface area (Å²) in [6, 6.07) is 7.86. The van der Waals surface area contributed by atoms with Crippen molar-refractivity contribution in [2.75, 3.05) is 0 Å². The van der Waals surface area contributed by atoms with E-state index in [-0.39, 0.29) is 23.3 Å². The Bertz CT molecular complexity index is 922. The van der Waals surface area contributed by atoms with Crippen LogP contribution in [0.3, 0.4) is 0 Å². The number of rotatable bonds is 3. The molecule has 1 N–H and O–H groups in total. The van der Waals surface area contributed by atoms with Gasteiger partial charge in [0, 0.05) is 33.8 Å². The van der Waals surface area contributed by atoms with Gasteiger partial charge in [0.15, 0.2) is 5.78 Å². The predicted molar refractivity (Wildman–Crippen MR) is 116 cm³/mol. The van der Waals surface area contributed by atoms with Gasteiger partial charge in [0.05, 0.1) is 5.57 Å². The number of ether oxygens (including phenoxy) is 1. The summed E-state index contributed by atoms with van der Waals surface area (Å²) in [6.45, 7) is 6.16. The van der Waals surface area contributed by atoms with Crippen LogP contribution in [-0.2, 0) is 14.3 Å². The van der Waals surface area contributed by atoms with E-state index in [1.165, 1.54) is 0 Å². The van der Waals surface area contributed by atoms with Gasteiger partial charge in [0.2, 0.25) is 0 Å². The number of nitrogens with one attached hydrogen (secondary N) is 1. The van der Waals surface area contributed by atoms with E-state index in [4.69, 9.17) is 4.74 Å². The number of halogens is 1. The predicted octanol–water partition coefficient (Wildman–Crippen LogP) is 5.54. The molecule has 0 spiro atoms. The maximum absolute atomic E-state index is 13.3. The number of carbonyl (C=O) groups excluding carboxylic acids is 2. The molecule has 1 heterocycles. The quantitative estimate of drug-likeness (QED) is 0.605. The fourth-order valence-electron chi connectivity index (χ4n) is 4.95. The summed E-state index contributed by atoms with van der Waals surface area (Å²) in [5.74, 6) is -0.589. The highest BCUT2D eigenvalue weighted by Gasteiger charge is 2.44. The van der Waals surface area contributed by atoms with Crippen LogP contribution in [0.4, 0.5) is 0 Å². The molecule has 0 saturated heterocycles. The number of ketones is 1. The van der Waals surface area contributed by atoms with E-state index in [0.29, 0.717) is 12.0 Å². The van der Waals surface area contributed by atoms with Crippen molar-refractivity contribution in [2.24, 2.45) is 5.41 Å². The molecule has 5 heteroatoms. The van der Waals surface area contributed by atoms with Gasteiger partial charge in [0.1, 0.15) is 6.10 Å². The Kier molecular flexibility index (Phi) is 5.45. The van der Waals surface area contributed by atoms with Gasteiger partial charge in [-0.15, -0.1) is 0 Å². The van der Waals surface area contributed by atoms with Gasteiger partial charge < -0.3 is 10.1 Å². The number of allylic oxidation sites excluding steroid dienone is 3. The summed E-state index contributed by atoms with van der Waals surface area (Å²) in [4.78, 5) is 26.6. The Hall–Kier alpha value is -1.88. The van der Waals surface area contributed by atoms with Crippen molar-refractivity contribution in [3.05, 3.63) is 56.8 Å². The molecular weight excluding hydrogens is 430 g/mol. The molecule has 1 atom stereocenters. The minimum Gasteiger partial charge on any atom is -0.459 e. The zero-order valence-corrected chi connectivity index (χ0v) is 18.9. The van der Waals surface area contributed by atoms with Gasteiger partial charge in [-0.25, -0.2) is 4.79 Å². The van der Waals surface area contributed by atoms with Gasteiger partial charge in [-0.1, -0.05) is 48.0 Å². The van der Waals surface area contributed by atoms with Crippen LogP contribution in [0.25, 0.3) is 0 Å². The third-order valence-corrected chi connectivity index (χ3v) is 6.97. The number of hydrogen-bond acceptors (Lipinski definition) is 4. The van der Waals surface area contributed by atoms with Gasteiger partial charge in [-0.2, -0.15) is 0 Å². The molecule has 29 heavy (non-hydrogen) atoms. The highest BCUT2D eigenvalue weighted by molar-refractivity contribution is 9.10. The van der Waals surface area contributed by atoms with Gasteiger partial charge in [-0.05, 0) is 56.1 Å². The van der Waals surface area contributed by atoms with Gasteiger partial charge in [-0.3, -0.25) is 4.79 Å². The first-order valence-electron chi connectivity index (χ1n) is 10.5. The van der Waals surface area contributed by atoms with Crippen molar-refractivity contribution in [3.8, 4) is 0 Å². The highest BCUT2D eigenvalue weighted by atomic mass is 79.9. The Morgan fingerprint density at radius 3 is 2.55 bits per heavy atom. The normalized spacial score (nSPS) is 24.4. The average molecular weight is 458 g/mol. The molecule has 2 aliphatic carbocycles. The van der Waals surface area contributed by atoms with Crippen molar-refractivity contribution in [2.45, 2.75) is 71.3 Å². The Morgan fingerprint density at radius 1 is 1.17 bits per heavy atom. The van der Waals surface area contributed by atoms with E-state index in [1.54, 1.807) is 0 Å². The van der Waals surface area contributed by atoms with E-state index < -0.39 is 5.92 Å². The highest BCUT2D eigenvalue weighted by Crippen LogP contribution is 2.48. The molecule has 1 aliphatic heterocycles. The smallest absolute Gasteiger partial charge is 0.337 e. The summed E-state index contributed by atoms with van der Waals surface area (Å²) in [7, 11) is 0.